The molecule has 3 aromatic rings. The Kier molecular flexibility index (Phi) is 11.8. The molecule has 3 aromatic carbocycles. The van der Waals surface area contributed by atoms with E-state index in [1.807, 2.05) is 30.3 Å². The predicted octanol–water partition coefficient (Wildman–Crippen LogP) is 6.92. The first-order valence-corrected chi connectivity index (χ1v) is 14.2. The van der Waals surface area contributed by atoms with Crippen LogP contribution in [0.4, 0.5) is 4.39 Å². The molecule has 0 aromatic heterocycles. The molecule has 1 atom stereocenters. The maximum atomic E-state index is 13.6. The number of carbonyl (C=O) groups is 2. The van der Waals surface area contributed by atoms with Crippen LogP contribution in [0.2, 0.25) is 10.0 Å². The summed E-state index contributed by atoms with van der Waals surface area (Å²) in [6.07, 6.45) is 2.18. The Bertz CT molecular complexity index is 1160. The van der Waals surface area contributed by atoms with Crippen LogP contribution in [0, 0.1) is 5.82 Å². The van der Waals surface area contributed by atoms with E-state index in [-0.39, 0.29) is 29.9 Å². The molecule has 0 saturated carbocycles. The average Bonchev–Trinajstić information content (AvgIpc) is 2.89. The van der Waals surface area contributed by atoms with Crippen LogP contribution < -0.4 is 5.32 Å². The van der Waals surface area contributed by atoms with Crippen LogP contribution in [-0.2, 0) is 28.3 Å². The number of thioether (sulfide) groups is 1. The standard InChI is InChI=1S/C29H31Cl2FN2O2S/c1-2-3-15-33-29(36)27(16-21-7-5-4-6-8-21)34(18-23-11-12-24(30)17-26(23)31)28(35)20-37-19-22-9-13-25(32)14-10-22/h4-14,17,27H,2-3,15-16,18-20H2,1H3,(H,33,36). The summed E-state index contributed by atoms with van der Waals surface area (Å²) in [6, 6.07) is 20.3. The number of nitrogens with zero attached hydrogens (tertiary/aromatic N) is 1. The van der Waals surface area contributed by atoms with Gasteiger partial charge in [-0.25, -0.2) is 4.39 Å². The van der Waals surface area contributed by atoms with Crippen LogP contribution in [0.25, 0.3) is 0 Å². The van der Waals surface area contributed by atoms with Crippen LogP contribution in [0.5, 0.6) is 0 Å². The minimum Gasteiger partial charge on any atom is -0.354 e. The summed E-state index contributed by atoms with van der Waals surface area (Å²) in [7, 11) is 0. The van der Waals surface area contributed by atoms with E-state index in [2.05, 4.69) is 12.2 Å². The van der Waals surface area contributed by atoms with Crippen molar-refractivity contribution in [2.24, 2.45) is 0 Å². The molecule has 0 saturated heterocycles. The number of hydrogen-bond acceptors (Lipinski definition) is 3. The van der Waals surface area contributed by atoms with Crippen LogP contribution in [0.3, 0.4) is 0 Å². The molecule has 1 N–H and O–H groups in total. The van der Waals surface area contributed by atoms with Crippen molar-refractivity contribution in [3.8, 4) is 0 Å². The van der Waals surface area contributed by atoms with Gasteiger partial charge in [-0.1, -0.05) is 85.1 Å². The molecule has 0 radical (unpaired) electrons. The summed E-state index contributed by atoms with van der Waals surface area (Å²) >= 11 is 14.0. The molecule has 0 fully saturated rings. The Labute approximate surface area is 232 Å². The van der Waals surface area contributed by atoms with E-state index in [1.54, 1.807) is 35.2 Å². The van der Waals surface area contributed by atoms with Crippen molar-refractivity contribution in [2.45, 2.75) is 44.5 Å². The van der Waals surface area contributed by atoms with Gasteiger partial charge < -0.3 is 10.2 Å². The van der Waals surface area contributed by atoms with Gasteiger partial charge in [-0.2, -0.15) is 0 Å². The second-order valence-corrected chi connectivity index (χ2v) is 10.6. The van der Waals surface area contributed by atoms with E-state index in [0.717, 1.165) is 24.0 Å². The van der Waals surface area contributed by atoms with Crippen LogP contribution in [0.1, 0.15) is 36.5 Å². The maximum absolute atomic E-state index is 13.6. The first-order chi connectivity index (χ1) is 17.9. The third kappa shape index (κ3) is 9.37. The molecule has 0 bridgehead atoms. The smallest absolute Gasteiger partial charge is 0.243 e. The van der Waals surface area contributed by atoms with Crippen molar-refractivity contribution >= 4 is 46.8 Å². The summed E-state index contributed by atoms with van der Waals surface area (Å²) in [5.74, 6) is 0.0432. The number of hydrogen-bond donors (Lipinski definition) is 1. The molecule has 0 heterocycles. The molecule has 196 valence electrons. The van der Waals surface area contributed by atoms with Gasteiger partial charge in [0.1, 0.15) is 11.9 Å². The molecule has 0 aliphatic carbocycles. The Balaban J connectivity index is 1.85. The zero-order valence-corrected chi connectivity index (χ0v) is 23.1. The van der Waals surface area contributed by atoms with Gasteiger partial charge in [-0.15, -0.1) is 11.8 Å². The zero-order valence-electron chi connectivity index (χ0n) is 20.8. The Hall–Kier alpha value is -2.54. The van der Waals surface area contributed by atoms with Crippen molar-refractivity contribution in [3.05, 3.63) is 105 Å². The Morgan fingerprint density at radius 1 is 1.00 bits per heavy atom. The number of unbranched alkanes of at least 4 members (excludes halogenated alkanes) is 1. The van der Waals surface area contributed by atoms with Gasteiger partial charge in [-0.3, -0.25) is 9.59 Å². The van der Waals surface area contributed by atoms with E-state index in [0.29, 0.717) is 34.3 Å². The molecule has 1 unspecified atom stereocenters. The average molecular weight is 562 g/mol. The van der Waals surface area contributed by atoms with E-state index >= 15 is 0 Å². The van der Waals surface area contributed by atoms with Crippen molar-refractivity contribution in [1.82, 2.24) is 10.2 Å². The van der Waals surface area contributed by atoms with Crippen molar-refractivity contribution in [1.29, 1.82) is 0 Å². The van der Waals surface area contributed by atoms with E-state index in [4.69, 9.17) is 23.2 Å². The molecule has 8 heteroatoms. The lowest BCUT2D eigenvalue weighted by Crippen LogP contribution is -2.51. The van der Waals surface area contributed by atoms with Crippen molar-refractivity contribution in [2.75, 3.05) is 12.3 Å². The quantitative estimate of drug-likeness (QED) is 0.231. The first kappa shape index (κ1) is 29.0. The third-order valence-corrected chi connectivity index (χ3v) is 7.44. The minimum absolute atomic E-state index is 0.163. The normalized spacial score (nSPS) is 11.7. The zero-order chi connectivity index (χ0) is 26.6. The Morgan fingerprint density at radius 3 is 2.41 bits per heavy atom. The fraction of sp³-hybridized carbons (Fsp3) is 0.310. The molecule has 0 aliphatic heterocycles. The third-order valence-electron chi connectivity index (χ3n) is 5.86. The number of amides is 2. The predicted molar refractivity (Wildman–Crippen MR) is 151 cm³/mol. The van der Waals surface area contributed by atoms with Crippen molar-refractivity contribution in [3.63, 3.8) is 0 Å². The maximum Gasteiger partial charge on any atom is 0.243 e. The number of nitrogens with one attached hydrogen (secondary N) is 1. The second-order valence-electron chi connectivity index (χ2n) is 8.73. The monoisotopic (exact) mass is 560 g/mol. The minimum atomic E-state index is -0.718. The van der Waals surface area contributed by atoms with E-state index in [1.165, 1.54) is 23.9 Å². The van der Waals surface area contributed by atoms with Gasteiger partial charge in [0.05, 0.1) is 5.75 Å². The lowest BCUT2D eigenvalue weighted by molar-refractivity contribution is -0.139. The highest BCUT2D eigenvalue weighted by Crippen LogP contribution is 2.25. The summed E-state index contributed by atoms with van der Waals surface area (Å²) < 4.78 is 13.2. The fourth-order valence-electron chi connectivity index (χ4n) is 3.81. The molecule has 2 amide bonds. The number of halogens is 3. The summed E-state index contributed by atoms with van der Waals surface area (Å²) in [6.45, 7) is 2.78. The number of carbonyl (C=O) groups excluding carboxylic acids is 2. The fourth-order valence-corrected chi connectivity index (χ4v) is 5.15. The Morgan fingerprint density at radius 2 is 1.73 bits per heavy atom. The topological polar surface area (TPSA) is 49.4 Å². The van der Waals surface area contributed by atoms with Gasteiger partial charge in [0.15, 0.2) is 0 Å². The molecule has 4 nitrogen and oxygen atoms in total. The first-order valence-electron chi connectivity index (χ1n) is 12.2. The van der Waals surface area contributed by atoms with Crippen LogP contribution >= 0.6 is 35.0 Å². The molecular weight excluding hydrogens is 530 g/mol. The summed E-state index contributed by atoms with van der Waals surface area (Å²) in [5, 5.41) is 3.95. The second kappa shape index (κ2) is 15.0. The van der Waals surface area contributed by atoms with Gasteiger partial charge in [0.25, 0.3) is 0 Å². The summed E-state index contributed by atoms with van der Waals surface area (Å²) in [4.78, 5) is 28.7. The summed E-state index contributed by atoms with van der Waals surface area (Å²) in [5.41, 5.74) is 2.59. The SMILES string of the molecule is CCCCNC(=O)C(Cc1ccccc1)N(Cc1ccc(Cl)cc1Cl)C(=O)CSCc1ccc(F)cc1. The van der Waals surface area contributed by atoms with Crippen LogP contribution in [0.15, 0.2) is 72.8 Å². The molecular formula is C29H31Cl2FN2O2S. The molecule has 0 spiro atoms. The van der Waals surface area contributed by atoms with E-state index < -0.39 is 6.04 Å². The molecule has 37 heavy (non-hydrogen) atoms. The van der Waals surface area contributed by atoms with Crippen LogP contribution in [-0.4, -0.2) is 35.1 Å². The van der Waals surface area contributed by atoms with Gasteiger partial charge in [0, 0.05) is 35.3 Å². The van der Waals surface area contributed by atoms with E-state index in [9.17, 15) is 14.0 Å². The highest BCUT2D eigenvalue weighted by atomic mass is 35.5. The number of rotatable bonds is 13. The largest absolute Gasteiger partial charge is 0.354 e. The van der Waals surface area contributed by atoms with Gasteiger partial charge in [-0.05, 0) is 47.4 Å². The van der Waals surface area contributed by atoms with Gasteiger partial charge >= 0.3 is 0 Å². The number of benzene rings is 3. The lowest BCUT2D eigenvalue weighted by Gasteiger charge is -2.32. The highest BCUT2D eigenvalue weighted by molar-refractivity contribution is 7.99. The molecule has 0 aliphatic rings. The van der Waals surface area contributed by atoms with Gasteiger partial charge in [0.2, 0.25) is 11.8 Å². The van der Waals surface area contributed by atoms with Crippen molar-refractivity contribution < 1.29 is 14.0 Å². The highest BCUT2D eigenvalue weighted by Gasteiger charge is 2.30. The lowest BCUT2D eigenvalue weighted by atomic mass is 10.0. The molecule has 3 rings (SSSR count).